The zero-order valence-corrected chi connectivity index (χ0v) is 11.9. The molecular formula is C18H16N2O2. The third-order valence-corrected chi connectivity index (χ3v) is 3.12. The van der Waals surface area contributed by atoms with Crippen molar-refractivity contribution in [2.24, 2.45) is 0 Å². The summed E-state index contributed by atoms with van der Waals surface area (Å²) >= 11 is 0. The third kappa shape index (κ3) is 3.12. The Hall–Kier alpha value is -3.14. The standard InChI is InChI=1S/C18H16N2O2/c19-15-5-1-3-7-17(15)21-13-9-11-14(12-10-13)22-18-8-4-2-6-16(18)20/h1-12H,19-20H2. The molecule has 0 aliphatic rings. The summed E-state index contributed by atoms with van der Waals surface area (Å²) in [4.78, 5) is 0. The largest absolute Gasteiger partial charge is 0.455 e. The molecule has 0 saturated heterocycles. The molecule has 0 amide bonds. The maximum Gasteiger partial charge on any atom is 0.150 e. The molecule has 110 valence electrons. The normalized spacial score (nSPS) is 10.2. The number of hydrogen-bond acceptors (Lipinski definition) is 4. The van der Waals surface area contributed by atoms with Crippen LogP contribution in [0, 0.1) is 0 Å². The van der Waals surface area contributed by atoms with Crippen LogP contribution in [0.1, 0.15) is 0 Å². The molecule has 0 aromatic heterocycles. The van der Waals surface area contributed by atoms with Crippen LogP contribution in [0.4, 0.5) is 11.4 Å². The predicted octanol–water partition coefficient (Wildman–Crippen LogP) is 4.44. The first-order valence-electron chi connectivity index (χ1n) is 6.87. The first-order valence-corrected chi connectivity index (χ1v) is 6.87. The Morgan fingerprint density at radius 1 is 0.500 bits per heavy atom. The van der Waals surface area contributed by atoms with Gasteiger partial charge in [-0.3, -0.25) is 0 Å². The van der Waals surface area contributed by atoms with Gasteiger partial charge in [-0.15, -0.1) is 0 Å². The van der Waals surface area contributed by atoms with Crippen molar-refractivity contribution in [2.45, 2.75) is 0 Å². The summed E-state index contributed by atoms with van der Waals surface area (Å²) in [5.41, 5.74) is 12.9. The highest BCUT2D eigenvalue weighted by atomic mass is 16.5. The molecule has 0 unspecified atom stereocenters. The second-order valence-corrected chi connectivity index (χ2v) is 4.75. The maximum atomic E-state index is 5.85. The fourth-order valence-corrected chi connectivity index (χ4v) is 1.98. The zero-order chi connectivity index (χ0) is 15.4. The van der Waals surface area contributed by atoms with Gasteiger partial charge in [0.15, 0.2) is 0 Å². The lowest BCUT2D eigenvalue weighted by molar-refractivity contribution is 0.471. The minimum atomic E-state index is 0.597. The number of nitrogen functional groups attached to an aromatic ring is 2. The lowest BCUT2D eigenvalue weighted by atomic mass is 10.3. The Labute approximate surface area is 128 Å². The van der Waals surface area contributed by atoms with Crippen molar-refractivity contribution >= 4 is 11.4 Å². The molecule has 3 aromatic rings. The molecule has 3 rings (SSSR count). The fourth-order valence-electron chi connectivity index (χ4n) is 1.98. The highest BCUT2D eigenvalue weighted by molar-refractivity contribution is 5.55. The molecule has 0 spiro atoms. The van der Waals surface area contributed by atoms with E-state index in [2.05, 4.69) is 0 Å². The monoisotopic (exact) mass is 292 g/mol. The minimum Gasteiger partial charge on any atom is -0.455 e. The van der Waals surface area contributed by atoms with Crippen LogP contribution in [0.25, 0.3) is 0 Å². The van der Waals surface area contributed by atoms with Crippen LogP contribution >= 0.6 is 0 Å². The summed E-state index contributed by atoms with van der Waals surface area (Å²) in [5, 5.41) is 0. The number of nitrogens with two attached hydrogens (primary N) is 2. The highest BCUT2D eigenvalue weighted by Crippen LogP contribution is 2.31. The van der Waals surface area contributed by atoms with E-state index in [1.165, 1.54) is 0 Å². The van der Waals surface area contributed by atoms with Crippen molar-refractivity contribution in [2.75, 3.05) is 11.5 Å². The quantitative estimate of drug-likeness (QED) is 0.698. The van der Waals surface area contributed by atoms with Crippen molar-refractivity contribution in [1.29, 1.82) is 0 Å². The SMILES string of the molecule is Nc1ccccc1Oc1ccc(Oc2ccccc2N)cc1. The third-order valence-electron chi connectivity index (χ3n) is 3.12. The molecule has 0 radical (unpaired) electrons. The minimum absolute atomic E-state index is 0.597. The van der Waals surface area contributed by atoms with Gasteiger partial charge in [-0.2, -0.15) is 0 Å². The molecule has 4 N–H and O–H groups in total. The van der Waals surface area contributed by atoms with Gasteiger partial charge in [0, 0.05) is 0 Å². The number of para-hydroxylation sites is 4. The first-order chi connectivity index (χ1) is 10.7. The molecule has 4 nitrogen and oxygen atoms in total. The average Bonchev–Trinajstić information content (AvgIpc) is 2.54. The van der Waals surface area contributed by atoms with Gasteiger partial charge in [-0.05, 0) is 48.5 Å². The van der Waals surface area contributed by atoms with Crippen LogP contribution in [0.15, 0.2) is 72.8 Å². The molecule has 0 fully saturated rings. The molecule has 0 heterocycles. The Kier molecular flexibility index (Phi) is 3.83. The number of hydrogen-bond donors (Lipinski definition) is 2. The lowest BCUT2D eigenvalue weighted by Gasteiger charge is -2.10. The second kappa shape index (κ2) is 6.10. The summed E-state index contributed by atoms with van der Waals surface area (Å²) in [7, 11) is 0. The van der Waals surface area contributed by atoms with Crippen molar-refractivity contribution in [3.8, 4) is 23.0 Å². The van der Waals surface area contributed by atoms with E-state index in [0.717, 1.165) is 0 Å². The summed E-state index contributed by atoms with van der Waals surface area (Å²) in [6.45, 7) is 0. The van der Waals surface area contributed by atoms with Crippen molar-refractivity contribution in [3.05, 3.63) is 72.8 Å². The molecule has 0 aliphatic carbocycles. The van der Waals surface area contributed by atoms with Gasteiger partial charge in [0.25, 0.3) is 0 Å². The van der Waals surface area contributed by atoms with Gasteiger partial charge in [-0.1, -0.05) is 24.3 Å². The molecule has 22 heavy (non-hydrogen) atoms. The van der Waals surface area contributed by atoms with E-state index >= 15 is 0 Å². The smallest absolute Gasteiger partial charge is 0.150 e. The summed E-state index contributed by atoms with van der Waals surface area (Å²) in [6, 6.07) is 22.0. The van der Waals surface area contributed by atoms with E-state index in [4.69, 9.17) is 20.9 Å². The molecule has 0 saturated carbocycles. The maximum absolute atomic E-state index is 5.85. The van der Waals surface area contributed by atoms with Gasteiger partial charge in [0.1, 0.15) is 23.0 Å². The van der Waals surface area contributed by atoms with Crippen molar-refractivity contribution < 1.29 is 9.47 Å². The number of rotatable bonds is 4. The Morgan fingerprint density at radius 3 is 1.23 bits per heavy atom. The number of anilines is 2. The Bertz CT molecular complexity index is 704. The average molecular weight is 292 g/mol. The Morgan fingerprint density at radius 2 is 0.864 bits per heavy atom. The van der Waals surface area contributed by atoms with E-state index in [1.54, 1.807) is 12.1 Å². The Balaban J connectivity index is 1.73. The van der Waals surface area contributed by atoms with Crippen LogP contribution in [0.2, 0.25) is 0 Å². The number of benzene rings is 3. The van der Waals surface area contributed by atoms with Crippen LogP contribution in [0.5, 0.6) is 23.0 Å². The van der Waals surface area contributed by atoms with E-state index in [1.807, 2.05) is 60.7 Å². The van der Waals surface area contributed by atoms with E-state index in [-0.39, 0.29) is 0 Å². The number of ether oxygens (including phenoxy) is 2. The van der Waals surface area contributed by atoms with Crippen LogP contribution < -0.4 is 20.9 Å². The van der Waals surface area contributed by atoms with Crippen molar-refractivity contribution in [3.63, 3.8) is 0 Å². The van der Waals surface area contributed by atoms with Gasteiger partial charge in [0.2, 0.25) is 0 Å². The highest BCUT2D eigenvalue weighted by Gasteiger charge is 2.03. The van der Waals surface area contributed by atoms with Crippen LogP contribution in [-0.2, 0) is 0 Å². The first kappa shape index (κ1) is 13.8. The molecule has 0 atom stereocenters. The molecule has 3 aromatic carbocycles. The zero-order valence-electron chi connectivity index (χ0n) is 11.9. The van der Waals surface area contributed by atoms with Crippen LogP contribution in [-0.4, -0.2) is 0 Å². The molecule has 0 aliphatic heterocycles. The van der Waals surface area contributed by atoms with E-state index < -0.39 is 0 Å². The van der Waals surface area contributed by atoms with Gasteiger partial charge < -0.3 is 20.9 Å². The summed E-state index contributed by atoms with van der Waals surface area (Å²) in [6.07, 6.45) is 0. The topological polar surface area (TPSA) is 70.5 Å². The van der Waals surface area contributed by atoms with Gasteiger partial charge in [-0.25, -0.2) is 0 Å². The van der Waals surface area contributed by atoms with Gasteiger partial charge in [0.05, 0.1) is 11.4 Å². The van der Waals surface area contributed by atoms with Gasteiger partial charge >= 0.3 is 0 Å². The lowest BCUT2D eigenvalue weighted by Crippen LogP contribution is -1.92. The van der Waals surface area contributed by atoms with Crippen molar-refractivity contribution in [1.82, 2.24) is 0 Å². The fraction of sp³-hybridized carbons (Fsp3) is 0. The predicted molar refractivity (Wildman–Crippen MR) is 88.3 cm³/mol. The van der Waals surface area contributed by atoms with Crippen LogP contribution in [0.3, 0.4) is 0 Å². The molecular weight excluding hydrogens is 276 g/mol. The summed E-state index contributed by atoms with van der Waals surface area (Å²) < 4.78 is 11.5. The summed E-state index contributed by atoms with van der Waals surface area (Å²) in [5.74, 6) is 2.63. The second-order valence-electron chi connectivity index (χ2n) is 4.75. The van der Waals surface area contributed by atoms with E-state index in [0.29, 0.717) is 34.4 Å². The molecule has 4 heteroatoms. The van der Waals surface area contributed by atoms with E-state index in [9.17, 15) is 0 Å². The molecule has 0 bridgehead atoms.